The number of para-hydroxylation sites is 1. The van der Waals surface area contributed by atoms with Crippen molar-refractivity contribution in [3.8, 4) is 0 Å². The van der Waals surface area contributed by atoms with Gasteiger partial charge < -0.3 is 14.2 Å². The van der Waals surface area contributed by atoms with Gasteiger partial charge in [0, 0.05) is 30.9 Å². The standard InChI is InChI=1S/C22H26N2O6/c1-5-16(10-11-20(25)28-2)14-24(22(27)30-4)19-9-7-6-8-18(19)17-12-13-23(15-17)21(26)29-3/h5-9,14-15H,1,10-13H2,2-4H3/b16-14+. The molecule has 0 radical (unpaired) electrons. The van der Waals surface area contributed by atoms with E-state index in [0.717, 1.165) is 11.1 Å². The number of amides is 2. The number of hydrogen-bond acceptors (Lipinski definition) is 6. The van der Waals surface area contributed by atoms with E-state index in [2.05, 4.69) is 11.3 Å². The first kappa shape index (κ1) is 22.7. The fourth-order valence-corrected chi connectivity index (χ4v) is 3.03. The number of allylic oxidation sites excluding steroid dienone is 2. The lowest BCUT2D eigenvalue weighted by Gasteiger charge is -2.22. The lowest BCUT2D eigenvalue weighted by Crippen LogP contribution is -2.26. The number of carbonyl (C=O) groups excluding carboxylic acids is 3. The Bertz CT molecular complexity index is 874. The monoisotopic (exact) mass is 414 g/mol. The molecule has 30 heavy (non-hydrogen) atoms. The van der Waals surface area contributed by atoms with Crippen LogP contribution in [-0.4, -0.2) is 50.9 Å². The van der Waals surface area contributed by atoms with Gasteiger partial charge >= 0.3 is 18.2 Å². The highest BCUT2D eigenvalue weighted by Gasteiger charge is 2.24. The molecule has 8 heteroatoms. The van der Waals surface area contributed by atoms with E-state index < -0.39 is 12.2 Å². The van der Waals surface area contributed by atoms with Gasteiger partial charge in [-0.1, -0.05) is 30.9 Å². The van der Waals surface area contributed by atoms with Crippen molar-refractivity contribution in [2.75, 3.05) is 32.8 Å². The van der Waals surface area contributed by atoms with E-state index in [1.54, 1.807) is 30.6 Å². The van der Waals surface area contributed by atoms with Gasteiger partial charge in [-0.05, 0) is 30.1 Å². The number of benzene rings is 1. The molecule has 8 nitrogen and oxygen atoms in total. The summed E-state index contributed by atoms with van der Waals surface area (Å²) >= 11 is 0. The Morgan fingerprint density at radius 2 is 1.83 bits per heavy atom. The van der Waals surface area contributed by atoms with Crippen LogP contribution in [0.3, 0.4) is 0 Å². The molecule has 0 bridgehead atoms. The molecule has 0 aliphatic carbocycles. The van der Waals surface area contributed by atoms with Gasteiger partial charge in [-0.2, -0.15) is 0 Å². The molecule has 0 fully saturated rings. The summed E-state index contributed by atoms with van der Waals surface area (Å²) in [7, 11) is 3.95. The molecule has 160 valence electrons. The molecule has 0 saturated heterocycles. The molecule has 0 N–H and O–H groups in total. The average Bonchev–Trinajstić information content (AvgIpc) is 3.28. The summed E-state index contributed by atoms with van der Waals surface area (Å²) in [6, 6.07) is 7.31. The predicted octanol–water partition coefficient (Wildman–Crippen LogP) is 4.10. The minimum atomic E-state index is -0.594. The van der Waals surface area contributed by atoms with Crippen LogP contribution < -0.4 is 4.90 Å². The Hall–Kier alpha value is -3.55. The smallest absolute Gasteiger partial charge is 0.418 e. The maximum atomic E-state index is 12.6. The molecule has 1 aromatic rings. The first-order chi connectivity index (χ1) is 14.4. The highest BCUT2D eigenvalue weighted by molar-refractivity contribution is 5.94. The molecular formula is C22H26N2O6. The number of methoxy groups -OCH3 is 3. The molecule has 0 atom stereocenters. The van der Waals surface area contributed by atoms with Crippen molar-refractivity contribution in [2.45, 2.75) is 19.3 Å². The summed E-state index contributed by atoms with van der Waals surface area (Å²) in [6.07, 6.45) is 4.97. The molecule has 1 aliphatic heterocycles. The van der Waals surface area contributed by atoms with Crippen LogP contribution in [-0.2, 0) is 19.0 Å². The Morgan fingerprint density at radius 3 is 2.47 bits per heavy atom. The summed E-state index contributed by atoms with van der Waals surface area (Å²) in [5, 5.41) is 0. The lowest BCUT2D eigenvalue weighted by molar-refractivity contribution is -0.140. The quantitative estimate of drug-likeness (QED) is 0.379. The number of anilines is 1. The van der Waals surface area contributed by atoms with Crippen molar-refractivity contribution in [1.29, 1.82) is 0 Å². The van der Waals surface area contributed by atoms with Crippen LogP contribution in [0, 0.1) is 0 Å². The Morgan fingerprint density at radius 1 is 1.10 bits per heavy atom. The number of rotatable bonds is 7. The van der Waals surface area contributed by atoms with Gasteiger partial charge in [-0.15, -0.1) is 0 Å². The van der Waals surface area contributed by atoms with E-state index in [-0.39, 0.29) is 12.4 Å². The fourth-order valence-electron chi connectivity index (χ4n) is 3.03. The number of hydrogen-bond donors (Lipinski definition) is 0. The topological polar surface area (TPSA) is 85.4 Å². The molecular weight excluding hydrogens is 388 g/mol. The first-order valence-electron chi connectivity index (χ1n) is 9.37. The van der Waals surface area contributed by atoms with Crippen LogP contribution in [0.25, 0.3) is 5.57 Å². The van der Waals surface area contributed by atoms with Gasteiger partial charge in [-0.25, -0.2) is 9.59 Å². The van der Waals surface area contributed by atoms with Gasteiger partial charge in [0.25, 0.3) is 0 Å². The molecule has 1 aromatic carbocycles. The molecule has 1 heterocycles. The van der Waals surface area contributed by atoms with E-state index in [9.17, 15) is 14.4 Å². The van der Waals surface area contributed by atoms with Crippen molar-refractivity contribution in [1.82, 2.24) is 4.90 Å². The SMILES string of the molecule is C=C/C(=C\N(C(=O)OC)c1ccccc1C1=CN(C(=O)OC)CC1)CCC(=O)OC. The second-order valence-corrected chi connectivity index (χ2v) is 6.41. The normalized spacial score (nSPS) is 13.4. The highest BCUT2D eigenvalue weighted by Crippen LogP contribution is 2.34. The Balaban J connectivity index is 2.43. The van der Waals surface area contributed by atoms with Crippen LogP contribution in [0.1, 0.15) is 24.8 Å². The van der Waals surface area contributed by atoms with Crippen molar-refractivity contribution in [3.05, 3.63) is 60.5 Å². The van der Waals surface area contributed by atoms with Gasteiger partial charge in [-0.3, -0.25) is 14.6 Å². The van der Waals surface area contributed by atoms with Crippen molar-refractivity contribution in [3.63, 3.8) is 0 Å². The first-order valence-corrected chi connectivity index (χ1v) is 9.37. The molecule has 2 amide bonds. The van der Waals surface area contributed by atoms with E-state index in [4.69, 9.17) is 9.47 Å². The van der Waals surface area contributed by atoms with Crippen LogP contribution >= 0.6 is 0 Å². The summed E-state index contributed by atoms with van der Waals surface area (Å²) < 4.78 is 14.4. The number of esters is 1. The average molecular weight is 414 g/mol. The van der Waals surface area contributed by atoms with Gasteiger partial charge in [0.15, 0.2) is 0 Å². The second-order valence-electron chi connectivity index (χ2n) is 6.41. The largest absolute Gasteiger partial charge is 0.469 e. The van der Waals surface area contributed by atoms with E-state index >= 15 is 0 Å². The minimum Gasteiger partial charge on any atom is -0.469 e. The van der Waals surface area contributed by atoms with Crippen molar-refractivity contribution < 1.29 is 28.6 Å². The predicted molar refractivity (Wildman–Crippen MR) is 113 cm³/mol. The van der Waals surface area contributed by atoms with Crippen LogP contribution in [0.4, 0.5) is 15.3 Å². The lowest BCUT2D eigenvalue weighted by atomic mass is 10.0. The number of nitrogens with zero attached hydrogens (tertiary/aromatic N) is 2. The zero-order chi connectivity index (χ0) is 22.1. The van der Waals surface area contributed by atoms with Gasteiger partial charge in [0.05, 0.1) is 27.0 Å². The Kier molecular flexibility index (Phi) is 8.22. The van der Waals surface area contributed by atoms with E-state index in [1.807, 2.05) is 12.1 Å². The minimum absolute atomic E-state index is 0.157. The fraction of sp³-hybridized carbons (Fsp3) is 0.318. The second kappa shape index (κ2) is 10.8. The zero-order valence-electron chi connectivity index (χ0n) is 17.4. The van der Waals surface area contributed by atoms with Gasteiger partial charge in [0.2, 0.25) is 0 Å². The summed E-state index contributed by atoms with van der Waals surface area (Å²) in [6.45, 7) is 4.25. The summed E-state index contributed by atoms with van der Waals surface area (Å²) in [5.41, 5.74) is 2.91. The van der Waals surface area contributed by atoms with E-state index in [0.29, 0.717) is 30.6 Å². The highest BCUT2D eigenvalue weighted by atomic mass is 16.5. The molecule has 1 aliphatic rings. The van der Waals surface area contributed by atoms with Crippen LogP contribution in [0.2, 0.25) is 0 Å². The third-order valence-corrected chi connectivity index (χ3v) is 4.63. The molecule has 0 aromatic heterocycles. The molecule has 0 unspecified atom stereocenters. The maximum absolute atomic E-state index is 12.6. The van der Waals surface area contributed by atoms with Crippen LogP contribution in [0.15, 0.2) is 54.9 Å². The third-order valence-electron chi connectivity index (χ3n) is 4.63. The Labute approximate surface area is 176 Å². The zero-order valence-corrected chi connectivity index (χ0v) is 17.4. The van der Waals surface area contributed by atoms with Crippen LogP contribution in [0.5, 0.6) is 0 Å². The van der Waals surface area contributed by atoms with Gasteiger partial charge in [0.1, 0.15) is 0 Å². The van der Waals surface area contributed by atoms with E-state index in [1.165, 1.54) is 31.1 Å². The molecule has 2 rings (SSSR count). The maximum Gasteiger partial charge on any atom is 0.418 e. The van der Waals surface area contributed by atoms with Crippen molar-refractivity contribution in [2.24, 2.45) is 0 Å². The number of carbonyl (C=O) groups is 3. The van der Waals surface area contributed by atoms with Crippen molar-refractivity contribution >= 4 is 29.4 Å². The summed E-state index contributed by atoms with van der Waals surface area (Å²) in [4.78, 5) is 38.7. The molecule has 0 spiro atoms. The summed E-state index contributed by atoms with van der Waals surface area (Å²) in [5.74, 6) is -0.355. The number of ether oxygens (including phenoxy) is 3. The molecule has 0 saturated carbocycles. The third kappa shape index (κ3) is 5.50.